The van der Waals surface area contributed by atoms with Crippen molar-refractivity contribution in [3.05, 3.63) is 101 Å². The SMILES string of the molecule is Cc1cccc(C(=CCSc2ccc(OCC(=O)O)cc2C)c2ccccc2)c1. The molecule has 3 rings (SSSR count). The number of carboxylic acid groups (broad SMARTS) is 1. The molecule has 0 aliphatic rings. The molecule has 0 aromatic heterocycles. The van der Waals surface area contributed by atoms with Crippen LogP contribution in [0.2, 0.25) is 0 Å². The van der Waals surface area contributed by atoms with E-state index in [1.54, 1.807) is 11.8 Å². The smallest absolute Gasteiger partial charge is 0.341 e. The summed E-state index contributed by atoms with van der Waals surface area (Å²) in [6.07, 6.45) is 2.27. The maximum atomic E-state index is 10.6. The molecule has 4 heteroatoms. The number of rotatable bonds is 8. The average molecular weight is 405 g/mol. The molecule has 0 amide bonds. The first kappa shape index (κ1) is 20.7. The Morgan fingerprint density at radius 2 is 1.72 bits per heavy atom. The summed E-state index contributed by atoms with van der Waals surface area (Å²) in [5.41, 5.74) is 5.95. The average Bonchev–Trinajstić information content (AvgIpc) is 2.71. The molecule has 0 unspecified atom stereocenters. The molecular formula is C25H24O3S. The monoisotopic (exact) mass is 404 g/mol. The number of carbonyl (C=O) groups is 1. The van der Waals surface area contributed by atoms with Crippen LogP contribution in [0.25, 0.3) is 5.57 Å². The first-order valence-electron chi connectivity index (χ1n) is 9.43. The lowest BCUT2D eigenvalue weighted by Gasteiger charge is -2.11. The normalized spacial score (nSPS) is 11.3. The van der Waals surface area contributed by atoms with E-state index in [-0.39, 0.29) is 6.61 Å². The summed E-state index contributed by atoms with van der Waals surface area (Å²) < 4.78 is 5.25. The van der Waals surface area contributed by atoms with Gasteiger partial charge in [0, 0.05) is 10.6 Å². The summed E-state index contributed by atoms with van der Waals surface area (Å²) in [5.74, 6) is 0.430. The van der Waals surface area contributed by atoms with E-state index in [9.17, 15) is 4.79 Å². The maximum Gasteiger partial charge on any atom is 0.341 e. The molecule has 3 aromatic rings. The Kier molecular flexibility index (Phi) is 7.14. The van der Waals surface area contributed by atoms with Crippen LogP contribution in [-0.4, -0.2) is 23.4 Å². The second-order valence-corrected chi connectivity index (χ2v) is 7.84. The number of carboxylic acids is 1. The molecule has 0 fully saturated rings. The molecule has 0 aliphatic heterocycles. The van der Waals surface area contributed by atoms with E-state index in [1.165, 1.54) is 22.3 Å². The van der Waals surface area contributed by atoms with Gasteiger partial charge in [0.1, 0.15) is 5.75 Å². The minimum absolute atomic E-state index is 0.328. The molecule has 3 aromatic carbocycles. The summed E-state index contributed by atoms with van der Waals surface area (Å²) >= 11 is 1.75. The van der Waals surface area contributed by atoms with E-state index in [0.717, 1.165) is 16.2 Å². The van der Waals surface area contributed by atoms with Gasteiger partial charge in [-0.2, -0.15) is 0 Å². The Hall–Kier alpha value is -2.98. The van der Waals surface area contributed by atoms with Crippen LogP contribution >= 0.6 is 11.8 Å². The first-order chi connectivity index (χ1) is 14.0. The van der Waals surface area contributed by atoms with Gasteiger partial charge in [0.05, 0.1) is 0 Å². The van der Waals surface area contributed by atoms with Crippen molar-refractivity contribution in [3.63, 3.8) is 0 Å². The van der Waals surface area contributed by atoms with Crippen LogP contribution in [-0.2, 0) is 4.79 Å². The van der Waals surface area contributed by atoms with E-state index >= 15 is 0 Å². The van der Waals surface area contributed by atoms with Crippen LogP contribution in [0.15, 0.2) is 83.8 Å². The fraction of sp³-hybridized carbons (Fsp3) is 0.160. The van der Waals surface area contributed by atoms with E-state index in [1.807, 2.05) is 31.2 Å². The van der Waals surface area contributed by atoms with Crippen molar-refractivity contribution >= 4 is 23.3 Å². The first-order valence-corrected chi connectivity index (χ1v) is 10.4. The zero-order valence-corrected chi connectivity index (χ0v) is 17.4. The molecule has 0 spiro atoms. The van der Waals surface area contributed by atoms with Gasteiger partial charge in [-0.15, -0.1) is 11.8 Å². The number of aryl methyl sites for hydroxylation is 2. The van der Waals surface area contributed by atoms with Crippen molar-refractivity contribution in [2.75, 3.05) is 12.4 Å². The molecule has 0 bridgehead atoms. The third kappa shape index (κ3) is 6.00. The van der Waals surface area contributed by atoms with Crippen LogP contribution in [0.5, 0.6) is 5.75 Å². The van der Waals surface area contributed by atoms with Gasteiger partial charge in [0.15, 0.2) is 6.61 Å². The van der Waals surface area contributed by atoms with Crippen molar-refractivity contribution in [2.45, 2.75) is 18.7 Å². The van der Waals surface area contributed by atoms with Crippen molar-refractivity contribution in [2.24, 2.45) is 0 Å². The molecule has 1 N–H and O–H groups in total. The number of hydrogen-bond acceptors (Lipinski definition) is 3. The number of aliphatic carboxylic acids is 1. The van der Waals surface area contributed by atoms with Gasteiger partial charge < -0.3 is 9.84 Å². The van der Waals surface area contributed by atoms with Gasteiger partial charge in [-0.1, -0.05) is 66.2 Å². The van der Waals surface area contributed by atoms with Crippen LogP contribution in [0.1, 0.15) is 22.3 Å². The molecule has 148 valence electrons. The van der Waals surface area contributed by atoms with Crippen molar-refractivity contribution in [3.8, 4) is 5.75 Å². The minimum Gasteiger partial charge on any atom is -0.482 e. The Balaban J connectivity index is 1.77. The molecule has 0 saturated carbocycles. The highest BCUT2D eigenvalue weighted by molar-refractivity contribution is 7.99. The summed E-state index contributed by atoms with van der Waals surface area (Å²) in [5, 5.41) is 8.74. The van der Waals surface area contributed by atoms with Gasteiger partial charge in [0.2, 0.25) is 0 Å². The summed E-state index contributed by atoms with van der Waals surface area (Å²) in [6, 6.07) is 24.7. The molecule has 29 heavy (non-hydrogen) atoms. The lowest BCUT2D eigenvalue weighted by Crippen LogP contribution is -2.09. The second kappa shape index (κ2) is 9.99. The molecular weight excluding hydrogens is 380 g/mol. The zero-order valence-electron chi connectivity index (χ0n) is 16.6. The maximum absolute atomic E-state index is 10.6. The third-order valence-electron chi connectivity index (χ3n) is 4.45. The quantitative estimate of drug-likeness (QED) is 0.468. The lowest BCUT2D eigenvalue weighted by atomic mass is 9.97. The third-order valence-corrected chi connectivity index (χ3v) is 5.55. The number of thioether (sulfide) groups is 1. The van der Waals surface area contributed by atoms with Crippen molar-refractivity contribution in [1.82, 2.24) is 0 Å². The van der Waals surface area contributed by atoms with Gasteiger partial charge in [0.25, 0.3) is 0 Å². The van der Waals surface area contributed by atoms with Crippen LogP contribution < -0.4 is 4.74 Å². The number of ether oxygens (including phenoxy) is 1. The second-order valence-electron chi connectivity index (χ2n) is 6.77. The Labute approximate surface area is 176 Å². The summed E-state index contributed by atoms with van der Waals surface area (Å²) in [6.45, 7) is 3.79. The predicted octanol–water partition coefficient (Wildman–Crippen LogP) is 5.99. The highest BCUT2D eigenvalue weighted by Gasteiger charge is 2.07. The van der Waals surface area contributed by atoms with Gasteiger partial charge >= 0.3 is 5.97 Å². The minimum atomic E-state index is -0.976. The van der Waals surface area contributed by atoms with E-state index in [2.05, 4.69) is 61.5 Å². The Morgan fingerprint density at radius 1 is 0.966 bits per heavy atom. The number of hydrogen-bond donors (Lipinski definition) is 1. The molecule has 0 saturated heterocycles. The zero-order chi connectivity index (χ0) is 20.6. The fourth-order valence-corrected chi connectivity index (χ4v) is 3.95. The van der Waals surface area contributed by atoms with Gasteiger partial charge in [-0.25, -0.2) is 4.79 Å². The van der Waals surface area contributed by atoms with Crippen molar-refractivity contribution < 1.29 is 14.6 Å². The lowest BCUT2D eigenvalue weighted by molar-refractivity contribution is -0.139. The highest BCUT2D eigenvalue weighted by atomic mass is 32.2. The van der Waals surface area contributed by atoms with Crippen LogP contribution in [0.3, 0.4) is 0 Å². The Morgan fingerprint density at radius 3 is 2.41 bits per heavy atom. The van der Waals surface area contributed by atoms with Crippen LogP contribution in [0, 0.1) is 13.8 Å². The van der Waals surface area contributed by atoms with E-state index < -0.39 is 5.97 Å². The summed E-state index contributed by atoms with van der Waals surface area (Å²) in [7, 11) is 0. The molecule has 0 atom stereocenters. The van der Waals surface area contributed by atoms with Crippen molar-refractivity contribution in [1.29, 1.82) is 0 Å². The molecule has 0 heterocycles. The van der Waals surface area contributed by atoms with Gasteiger partial charge in [-0.3, -0.25) is 0 Å². The topological polar surface area (TPSA) is 46.5 Å². The number of benzene rings is 3. The predicted molar refractivity (Wildman–Crippen MR) is 120 cm³/mol. The molecule has 3 nitrogen and oxygen atoms in total. The standard InChI is InChI=1S/C25H24O3S/c1-18-7-6-10-21(15-18)23(20-8-4-3-5-9-20)13-14-29-24-12-11-22(16-19(24)2)28-17-25(26)27/h3-13,15-16H,14,17H2,1-2H3,(H,26,27). The van der Waals surface area contributed by atoms with Crippen LogP contribution in [0.4, 0.5) is 0 Å². The fourth-order valence-electron chi connectivity index (χ4n) is 3.07. The Bertz CT molecular complexity index is 1010. The van der Waals surface area contributed by atoms with E-state index in [0.29, 0.717) is 5.75 Å². The molecule has 0 radical (unpaired) electrons. The highest BCUT2D eigenvalue weighted by Crippen LogP contribution is 2.29. The van der Waals surface area contributed by atoms with Gasteiger partial charge in [-0.05, 0) is 54.3 Å². The largest absolute Gasteiger partial charge is 0.482 e. The van der Waals surface area contributed by atoms with E-state index in [4.69, 9.17) is 9.84 Å². The summed E-state index contributed by atoms with van der Waals surface area (Å²) in [4.78, 5) is 11.8. The molecule has 0 aliphatic carbocycles.